The van der Waals surface area contributed by atoms with Gasteiger partial charge in [0.15, 0.2) is 11.5 Å². The van der Waals surface area contributed by atoms with Gasteiger partial charge in [-0.2, -0.15) is 11.8 Å². The van der Waals surface area contributed by atoms with E-state index in [0.29, 0.717) is 18.0 Å². The van der Waals surface area contributed by atoms with Gasteiger partial charge in [-0.3, -0.25) is 14.5 Å². The highest BCUT2D eigenvalue weighted by molar-refractivity contribution is 7.99. The number of nitrogens with zero attached hydrogens (tertiary/aromatic N) is 1. The van der Waals surface area contributed by atoms with Gasteiger partial charge in [0.1, 0.15) is 0 Å². The summed E-state index contributed by atoms with van der Waals surface area (Å²) >= 11 is 1.95. The first-order valence-corrected chi connectivity index (χ1v) is 11.2. The number of hydrogen-bond donors (Lipinski definition) is 2. The summed E-state index contributed by atoms with van der Waals surface area (Å²) in [6.07, 6.45) is 2.02. The molecule has 1 aromatic carbocycles. The van der Waals surface area contributed by atoms with Gasteiger partial charge in [0.2, 0.25) is 6.79 Å². The van der Waals surface area contributed by atoms with Crippen LogP contribution in [-0.4, -0.2) is 73.4 Å². The molecule has 0 radical (unpaired) electrons. The largest absolute Gasteiger partial charge is 0.454 e. The Bertz CT molecular complexity index is 748. The van der Waals surface area contributed by atoms with E-state index >= 15 is 0 Å². The molecule has 0 spiro atoms. The smallest absolute Gasteiger partial charge is 0.309 e. The van der Waals surface area contributed by atoms with Gasteiger partial charge in [-0.1, -0.05) is 6.07 Å². The van der Waals surface area contributed by atoms with Crippen molar-refractivity contribution in [1.29, 1.82) is 0 Å². The van der Waals surface area contributed by atoms with Gasteiger partial charge in [0.25, 0.3) is 0 Å². The summed E-state index contributed by atoms with van der Waals surface area (Å²) in [5.41, 5.74) is 0.770. The van der Waals surface area contributed by atoms with E-state index in [-0.39, 0.29) is 18.9 Å². The minimum absolute atomic E-state index is 0.0811. The van der Waals surface area contributed by atoms with Gasteiger partial charge >= 0.3 is 11.8 Å². The molecule has 8 nitrogen and oxygen atoms in total. The molecule has 158 valence electrons. The van der Waals surface area contributed by atoms with Gasteiger partial charge in [-0.25, -0.2) is 0 Å². The third-order valence-electron chi connectivity index (χ3n) is 5.78. The van der Waals surface area contributed by atoms with Crippen LogP contribution < -0.4 is 20.1 Å². The summed E-state index contributed by atoms with van der Waals surface area (Å²) in [6.45, 7) is 4.14. The molecular weight excluding hydrogens is 394 g/mol. The quantitative estimate of drug-likeness (QED) is 0.678. The highest BCUT2D eigenvalue weighted by Gasteiger charge is 2.39. The van der Waals surface area contributed by atoms with E-state index in [1.54, 1.807) is 6.07 Å². The van der Waals surface area contributed by atoms with Crippen molar-refractivity contribution in [2.45, 2.75) is 24.9 Å². The summed E-state index contributed by atoms with van der Waals surface area (Å²) in [5.74, 6) is 2.29. The van der Waals surface area contributed by atoms with E-state index < -0.39 is 11.8 Å². The normalized spacial score (nSPS) is 20.8. The topological polar surface area (TPSA) is 89.1 Å². The lowest BCUT2D eigenvalue weighted by Gasteiger charge is -2.47. The standard InChI is InChI=1S/C20H27N3O5S/c24-18(21-12-15-1-2-16-17(11-15)28-14-27-16)19(25)22-13-20(3-9-29-10-4-20)23-5-7-26-8-6-23/h1-2,11H,3-10,12-14H2,(H,21,24)(H,22,25). The minimum Gasteiger partial charge on any atom is -0.454 e. The van der Waals surface area contributed by atoms with Crippen LogP contribution in [0.15, 0.2) is 18.2 Å². The number of amides is 2. The molecule has 0 unspecified atom stereocenters. The Hall–Kier alpha value is -1.97. The zero-order valence-corrected chi connectivity index (χ0v) is 17.2. The Morgan fingerprint density at radius 3 is 2.55 bits per heavy atom. The molecule has 4 rings (SSSR count). The summed E-state index contributed by atoms with van der Waals surface area (Å²) in [5, 5.41) is 5.57. The number of nitrogens with one attached hydrogen (secondary N) is 2. The molecule has 2 fully saturated rings. The van der Waals surface area contributed by atoms with E-state index in [0.717, 1.165) is 56.2 Å². The minimum atomic E-state index is -0.620. The molecule has 0 saturated carbocycles. The van der Waals surface area contributed by atoms with Crippen molar-refractivity contribution in [3.05, 3.63) is 23.8 Å². The molecule has 29 heavy (non-hydrogen) atoms. The first kappa shape index (κ1) is 20.3. The molecular formula is C20H27N3O5S. The monoisotopic (exact) mass is 421 g/mol. The SMILES string of the molecule is O=C(NCc1ccc2c(c1)OCO2)C(=O)NCC1(N2CCOCC2)CCSCC1. The maximum Gasteiger partial charge on any atom is 0.309 e. The second-order valence-electron chi connectivity index (χ2n) is 7.49. The van der Waals surface area contributed by atoms with Crippen LogP contribution in [0.4, 0.5) is 0 Å². The van der Waals surface area contributed by atoms with Crippen molar-refractivity contribution in [3.8, 4) is 11.5 Å². The highest BCUT2D eigenvalue weighted by atomic mass is 32.2. The number of morpholine rings is 1. The predicted octanol–water partition coefficient (Wildman–Crippen LogP) is 0.746. The van der Waals surface area contributed by atoms with Crippen molar-refractivity contribution < 1.29 is 23.8 Å². The Labute approximate surface area is 174 Å². The van der Waals surface area contributed by atoms with E-state index in [2.05, 4.69) is 15.5 Å². The van der Waals surface area contributed by atoms with Crippen LogP contribution in [0.25, 0.3) is 0 Å². The number of fused-ring (bicyclic) bond motifs is 1. The molecule has 3 heterocycles. The van der Waals surface area contributed by atoms with Crippen molar-refractivity contribution in [2.75, 3.05) is 51.1 Å². The molecule has 0 bridgehead atoms. The van der Waals surface area contributed by atoms with Crippen molar-refractivity contribution >= 4 is 23.6 Å². The molecule has 2 amide bonds. The zero-order chi connectivity index (χ0) is 20.1. The number of rotatable bonds is 5. The molecule has 0 aromatic heterocycles. The lowest BCUT2D eigenvalue weighted by molar-refractivity contribution is -0.139. The van der Waals surface area contributed by atoms with Crippen LogP contribution in [0.1, 0.15) is 18.4 Å². The number of benzene rings is 1. The third-order valence-corrected chi connectivity index (χ3v) is 6.77. The summed E-state index contributed by atoms with van der Waals surface area (Å²) in [6, 6.07) is 5.46. The zero-order valence-electron chi connectivity index (χ0n) is 16.4. The van der Waals surface area contributed by atoms with E-state index in [4.69, 9.17) is 14.2 Å². The average Bonchev–Trinajstić information content (AvgIpc) is 3.25. The maximum absolute atomic E-state index is 12.4. The first-order valence-electron chi connectivity index (χ1n) is 10.0. The first-order chi connectivity index (χ1) is 14.2. The maximum atomic E-state index is 12.4. The Kier molecular flexibility index (Phi) is 6.46. The van der Waals surface area contributed by atoms with Gasteiger partial charge in [-0.05, 0) is 42.0 Å². The molecule has 2 saturated heterocycles. The average molecular weight is 422 g/mol. The molecule has 3 aliphatic rings. The van der Waals surface area contributed by atoms with Crippen LogP contribution in [0.5, 0.6) is 11.5 Å². The second-order valence-corrected chi connectivity index (χ2v) is 8.71. The summed E-state index contributed by atoms with van der Waals surface area (Å²) in [7, 11) is 0. The van der Waals surface area contributed by atoms with Crippen LogP contribution in [-0.2, 0) is 20.9 Å². The van der Waals surface area contributed by atoms with Crippen LogP contribution in [0, 0.1) is 0 Å². The molecule has 1 aromatic rings. The Balaban J connectivity index is 1.29. The predicted molar refractivity (Wildman–Crippen MR) is 109 cm³/mol. The Morgan fingerprint density at radius 1 is 1.03 bits per heavy atom. The molecule has 3 aliphatic heterocycles. The van der Waals surface area contributed by atoms with Gasteiger partial charge in [-0.15, -0.1) is 0 Å². The number of thioether (sulfide) groups is 1. The van der Waals surface area contributed by atoms with Gasteiger partial charge in [0.05, 0.1) is 13.2 Å². The molecule has 0 atom stereocenters. The number of carbonyl (C=O) groups is 2. The fourth-order valence-electron chi connectivity index (χ4n) is 4.03. The Morgan fingerprint density at radius 2 is 1.76 bits per heavy atom. The number of carbonyl (C=O) groups excluding carboxylic acids is 2. The van der Waals surface area contributed by atoms with E-state index in [1.165, 1.54) is 0 Å². The highest BCUT2D eigenvalue weighted by Crippen LogP contribution is 2.33. The lowest BCUT2D eigenvalue weighted by Crippen LogP contribution is -2.61. The van der Waals surface area contributed by atoms with Crippen LogP contribution >= 0.6 is 11.8 Å². The van der Waals surface area contributed by atoms with Crippen molar-refractivity contribution in [1.82, 2.24) is 15.5 Å². The molecule has 2 N–H and O–H groups in total. The van der Waals surface area contributed by atoms with Gasteiger partial charge in [0, 0.05) is 31.7 Å². The van der Waals surface area contributed by atoms with Crippen LogP contribution in [0.3, 0.4) is 0 Å². The second kappa shape index (κ2) is 9.23. The summed E-state index contributed by atoms with van der Waals surface area (Å²) in [4.78, 5) is 27.1. The number of hydrogen-bond acceptors (Lipinski definition) is 7. The van der Waals surface area contributed by atoms with E-state index in [9.17, 15) is 9.59 Å². The van der Waals surface area contributed by atoms with Gasteiger partial charge < -0.3 is 24.8 Å². The van der Waals surface area contributed by atoms with Crippen LogP contribution in [0.2, 0.25) is 0 Å². The fourth-order valence-corrected chi connectivity index (χ4v) is 5.29. The summed E-state index contributed by atoms with van der Waals surface area (Å²) < 4.78 is 16.1. The van der Waals surface area contributed by atoms with E-state index in [1.807, 2.05) is 23.9 Å². The fraction of sp³-hybridized carbons (Fsp3) is 0.600. The van der Waals surface area contributed by atoms with Crippen molar-refractivity contribution in [3.63, 3.8) is 0 Å². The molecule has 0 aliphatic carbocycles. The molecule has 9 heteroatoms. The lowest BCUT2D eigenvalue weighted by atomic mass is 9.89. The third kappa shape index (κ3) is 4.79. The number of ether oxygens (including phenoxy) is 3. The van der Waals surface area contributed by atoms with Crippen molar-refractivity contribution in [2.24, 2.45) is 0 Å².